The molecule has 0 atom stereocenters. The van der Waals surface area contributed by atoms with Crippen LogP contribution in [0.4, 0.5) is 5.69 Å². The highest BCUT2D eigenvalue weighted by Crippen LogP contribution is 2.31. The van der Waals surface area contributed by atoms with Crippen molar-refractivity contribution in [3.05, 3.63) is 37.8 Å². The second-order valence-corrected chi connectivity index (χ2v) is 3.41. The molecule has 0 aromatic heterocycles. The zero-order valence-corrected chi connectivity index (χ0v) is 8.54. The van der Waals surface area contributed by atoms with Gasteiger partial charge in [0, 0.05) is 0 Å². The number of aryl methyl sites for hydroxylation is 1. The zero-order chi connectivity index (χ0) is 10.0. The lowest BCUT2D eigenvalue weighted by atomic mass is 10.1. The maximum absolute atomic E-state index is 10.6. The third kappa shape index (κ3) is 1.87. The van der Waals surface area contributed by atoms with Gasteiger partial charge < -0.3 is 5.11 Å². The van der Waals surface area contributed by atoms with Gasteiger partial charge >= 0.3 is 0 Å². The highest BCUT2D eigenvalue weighted by molar-refractivity contribution is 9.10. The first-order valence-corrected chi connectivity index (χ1v) is 4.40. The summed E-state index contributed by atoms with van der Waals surface area (Å²) in [7, 11) is 0. The summed E-state index contributed by atoms with van der Waals surface area (Å²) in [5.74, 6) is 0. The molecule has 0 unspecified atom stereocenters. The average molecular weight is 246 g/mol. The molecule has 1 N–H and O–H groups in total. The molecule has 1 aromatic carbocycles. The molecule has 0 radical (unpaired) electrons. The zero-order valence-electron chi connectivity index (χ0n) is 6.95. The van der Waals surface area contributed by atoms with Crippen LogP contribution in [0, 0.1) is 17.0 Å². The van der Waals surface area contributed by atoms with Gasteiger partial charge in [-0.2, -0.15) is 0 Å². The smallest absolute Gasteiger partial charge is 0.289 e. The van der Waals surface area contributed by atoms with E-state index in [0.29, 0.717) is 10.0 Å². The van der Waals surface area contributed by atoms with Crippen LogP contribution in [0.3, 0.4) is 0 Å². The highest BCUT2D eigenvalue weighted by atomic mass is 79.9. The van der Waals surface area contributed by atoms with Gasteiger partial charge in [-0.15, -0.1) is 0 Å². The Morgan fingerprint density at radius 2 is 2.23 bits per heavy atom. The topological polar surface area (TPSA) is 63.4 Å². The van der Waals surface area contributed by atoms with E-state index in [1.807, 2.05) is 0 Å². The van der Waals surface area contributed by atoms with Crippen molar-refractivity contribution in [3.8, 4) is 0 Å². The van der Waals surface area contributed by atoms with Crippen LogP contribution in [0.2, 0.25) is 0 Å². The Morgan fingerprint density at radius 1 is 1.62 bits per heavy atom. The standard InChI is InChI=1S/C8H8BrNO3/c1-5-2-3-6(4-11)8(7(5)9)10(12)13/h2-3,11H,4H2,1H3. The number of benzene rings is 1. The van der Waals surface area contributed by atoms with Crippen LogP contribution >= 0.6 is 15.9 Å². The summed E-state index contributed by atoms with van der Waals surface area (Å²) in [6, 6.07) is 3.28. The van der Waals surface area contributed by atoms with E-state index in [-0.39, 0.29) is 12.3 Å². The summed E-state index contributed by atoms with van der Waals surface area (Å²) < 4.78 is 0.434. The van der Waals surface area contributed by atoms with E-state index < -0.39 is 4.92 Å². The van der Waals surface area contributed by atoms with Crippen LogP contribution in [0.15, 0.2) is 16.6 Å². The fourth-order valence-corrected chi connectivity index (χ4v) is 1.56. The van der Waals surface area contributed by atoms with Gasteiger partial charge in [-0.25, -0.2) is 0 Å². The Kier molecular flexibility index (Phi) is 3.00. The molecular weight excluding hydrogens is 238 g/mol. The SMILES string of the molecule is Cc1ccc(CO)c([N+](=O)[O-])c1Br. The van der Waals surface area contributed by atoms with Gasteiger partial charge in [0.1, 0.15) is 0 Å². The van der Waals surface area contributed by atoms with Crippen LogP contribution in [-0.4, -0.2) is 10.0 Å². The average Bonchev–Trinajstić information content (AvgIpc) is 2.08. The molecule has 13 heavy (non-hydrogen) atoms. The van der Waals surface area contributed by atoms with Crippen molar-refractivity contribution >= 4 is 21.6 Å². The first kappa shape index (κ1) is 10.1. The molecule has 0 saturated carbocycles. The van der Waals surface area contributed by atoms with Crippen LogP contribution < -0.4 is 0 Å². The van der Waals surface area contributed by atoms with Gasteiger partial charge in [-0.1, -0.05) is 6.07 Å². The third-order valence-electron chi connectivity index (χ3n) is 1.75. The van der Waals surface area contributed by atoms with Gasteiger partial charge in [0.05, 0.1) is 21.6 Å². The van der Waals surface area contributed by atoms with E-state index in [9.17, 15) is 10.1 Å². The number of hydrogen-bond donors (Lipinski definition) is 1. The Morgan fingerprint density at radius 3 is 2.69 bits per heavy atom. The maximum atomic E-state index is 10.6. The van der Waals surface area contributed by atoms with Gasteiger partial charge in [-0.05, 0) is 34.5 Å². The highest BCUT2D eigenvalue weighted by Gasteiger charge is 2.18. The minimum Gasteiger partial charge on any atom is -0.391 e. The molecule has 4 nitrogen and oxygen atoms in total. The van der Waals surface area contributed by atoms with Crippen LogP contribution in [-0.2, 0) is 6.61 Å². The van der Waals surface area contributed by atoms with Crippen molar-refractivity contribution in [2.24, 2.45) is 0 Å². The lowest BCUT2D eigenvalue weighted by molar-refractivity contribution is -0.386. The summed E-state index contributed by atoms with van der Waals surface area (Å²) in [4.78, 5) is 10.1. The van der Waals surface area contributed by atoms with Crippen molar-refractivity contribution in [1.29, 1.82) is 0 Å². The lowest BCUT2D eigenvalue weighted by Crippen LogP contribution is -1.97. The van der Waals surface area contributed by atoms with Crippen molar-refractivity contribution in [1.82, 2.24) is 0 Å². The van der Waals surface area contributed by atoms with Gasteiger partial charge in [-0.3, -0.25) is 10.1 Å². The maximum Gasteiger partial charge on any atom is 0.289 e. The Labute approximate surface area is 83.5 Å². The summed E-state index contributed by atoms with van der Waals surface area (Å²) >= 11 is 3.12. The Hall–Kier alpha value is -0.940. The van der Waals surface area contributed by atoms with Gasteiger partial charge in [0.15, 0.2) is 0 Å². The first-order chi connectivity index (χ1) is 6.07. The molecule has 0 bridgehead atoms. The monoisotopic (exact) mass is 245 g/mol. The normalized spacial score (nSPS) is 10.1. The molecule has 0 spiro atoms. The first-order valence-electron chi connectivity index (χ1n) is 3.61. The number of aliphatic hydroxyl groups is 1. The van der Waals surface area contributed by atoms with Crippen molar-refractivity contribution in [2.75, 3.05) is 0 Å². The molecule has 0 fully saturated rings. The number of aliphatic hydroxyl groups excluding tert-OH is 1. The third-order valence-corrected chi connectivity index (χ3v) is 2.75. The number of hydrogen-bond acceptors (Lipinski definition) is 3. The molecule has 0 aliphatic rings. The summed E-state index contributed by atoms with van der Waals surface area (Å²) in [6.45, 7) is 1.44. The number of nitro groups is 1. The second-order valence-electron chi connectivity index (χ2n) is 2.62. The number of rotatable bonds is 2. The van der Waals surface area contributed by atoms with E-state index in [0.717, 1.165) is 5.56 Å². The molecule has 5 heteroatoms. The Balaban J connectivity index is 3.41. The molecule has 1 aromatic rings. The van der Waals surface area contributed by atoms with Crippen molar-refractivity contribution < 1.29 is 10.0 Å². The number of halogens is 1. The van der Waals surface area contributed by atoms with Crippen LogP contribution in [0.5, 0.6) is 0 Å². The predicted octanol–water partition coefficient (Wildman–Crippen LogP) is 2.16. The lowest BCUT2D eigenvalue weighted by Gasteiger charge is -2.03. The second kappa shape index (κ2) is 3.85. The molecule has 0 amide bonds. The van der Waals surface area contributed by atoms with E-state index >= 15 is 0 Å². The summed E-state index contributed by atoms with van der Waals surface area (Å²) in [5, 5.41) is 19.5. The van der Waals surface area contributed by atoms with Crippen molar-refractivity contribution in [2.45, 2.75) is 13.5 Å². The molecule has 70 valence electrons. The fourth-order valence-electron chi connectivity index (χ4n) is 1.03. The van der Waals surface area contributed by atoms with E-state index in [1.165, 1.54) is 0 Å². The molecule has 0 saturated heterocycles. The minimum absolute atomic E-state index is 0.0532. The minimum atomic E-state index is -0.497. The van der Waals surface area contributed by atoms with Gasteiger partial charge in [0.25, 0.3) is 5.69 Å². The fraction of sp³-hybridized carbons (Fsp3) is 0.250. The molecule has 0 aliphatic carbocycles. The molecular formula is C8H8BrNO3. The molecule has 1 rings (SSSR count). The van der Waals surface area contributed by atoms with Crippen LogP contribution in [0.25, 0.3) is 0 Å². The van der Waals surface area contributed by atoms with E-state index in [1.54, 1.807) is 19.1 Å². The van der Waals surface area contributed by atoms with Gasteiger partial charge in [0.2, 0.25) is 0 Å². The quantitative estimate of drug-likeness (QED) is 0.642. The number of nitro benzene ring substituents is 1. The van der Waals surface area contributed by atoms with E-state index in [2.05, 4.69) is 15.9 Å². The van der Waals surface area contributed by atoms with Crippen molar-refractivity contribution in [3.63, 3.8) is 0 Å². The van der Waals surface area contributed by atoms with E-state index in [4.69, 9.17) is 5.11 Å². The Bertz CT molecular complexity index is 351. The number of nitrogens with zero attached hydrogens (tertiary/aromatic N) is 1. The summed E-state index contributed by atoms with van der Waals surface area (Å²) in [5.41, 5.74) is 1.05. The molecule has 0 heterocycles. The summed E-state index contributed by atoms with van der Waals surface area (Å²) in [6.07, 6.45) is 0. The predicted molar refractivity (Wildman–Crippen MR) is 51.5 cm³/mol. The largest absolute Gasteiger partial charge is 0.391 e. The molecule has 0 aliphatic heterocycles. The van der Waals surface area contributed by atoms with Crippen LogP contribution in [0.1, 0.15) is 11.1 Å².